The number of hydrogen-bond acceptors (Lipinski definition) is 7. The molecule has 2 amide bonds. The Morgan fingerprint density at radius 3 is 2.56 bits per heavy atom. The highest BCUT2D eigenvalue weighted by Crippen LogP contribution is 2.42. The van der Waals surface area contributed by atoms with E-state index in [0.717, 1.165) is 12.0 Å². The number of nitrogens with one attached hydrogen (secondary N) is 2. The van der Waals surface area contributed by atoms with E-state index in [9.17, 15) is 19.2 Å². The van der Waals surface area contributed by atoms with Crippen molar-refractivity contribution in [2.24, 2.45) is 5.92 Å². The molecule has 10 nitrogen and oxygen atoms in total. The van der Waals surface area contributed by atoms with E-state index in [0.29, 0.717) is 34.5 Å². The summed E-state index contributed by atoms with van der Waals surface area (Å²) in [6.07, 6.45) is 1.41. The largest absolute Gasteiger partial charge is 0.487 e. The summed E-state index contributed by atoms with van der Waals surface area (Å²) in [4.78, 5) is 47.6. The molecular formula is C24H30N2O8. The number of rotatable bonds is 8. The van der Waals surface area contributed by atoms with Crippen molar-refractivity contribution in [3.63, 3.8) is 0 Å². The molecule has 34 heavy (non-hydrogen) atoms. The van der Waals surface area contributed by atoms with E-state index in [2.05, 4.69) is 10.6 Å². The predicted molar refractivity (Wildman–Crippen MR) is 123 cm³/mol. The average Bonchev–Trinajstić information content (AvgIpc) is 2.72. The Balaban J connectivity index is 1.74. The lowest BCUT2D eigenvalue weighted by atomic mass is 9.92. The Hall–Kier alpha value is -3.56. The number of benzene rings is 1. The van der Waals surface area contributed by atoms with Gasteiger partial charge in [0, 0.05) is 17.7 Å². The van der Waals surface area contributed by atoms with E-state index in [4.69, 9.17) is 19.0 Å². The second kappa shape index (κ2) is 9.74. The molecule has 0 bridgehead atoms. The molecule has 1 atom stereocenters. The number of fused-ring (bicyclic) bond motifs is 3. The van der Waals surface area contributed by atoms with Gasteiger partial charge in [0.1, 0.15) is 28.7 Å². The molecule has 1 aromatic heterocycles. The maximum absolute atomic E-state index is 12.3. The minimum Gasteiger partial charge on any atom is -0.487 e. The Kier molecular flexibility index (Phi) is 7.18. The summed E-state index contributed by atoms with van der Waals surface area (Å²) in [6, 6.07) is 1.99. The van der Waals surface area contributed by atoms with Crippen LogP contribution in [-0.2, 0) is 20.8 Å². The third-order valence-corrected chi connectivity index (χ3v) is 5.66. The Morgan fingerprint density at radius 1 is 1.21 bits per heavy atom. The number of carbonyl (C=O) groups excluding carboxylic acids is 2. The summed E-state index contributed by atoms with van der Waals surface area (Å²) in [5.74, 6) is -1.81. The van der Waals surface area contributed by atoms with Crippen molar-refractivity contribution in [1.82, 2.24) is 10.6 Å². The van der Waals surface area contributed by atoms with Crippen LogP contribution < -0.4 is 25.7 Å². The van der Waals surface area contributed by atoms with Gasteiger partial charge in [-0.05, 0) is 45.1 Å². The molecule has 3 rings (SSSR count). The lowest BCUT2D eigenvalue weighted by Gasteiger charge is -2.33. The molecule has 0 radical (unpaired) electrons. The second-order valence-corrected chi connectivity index (χ2v) is 9.36. The molecule has 0 spiro atoms. The average molecular weight is 475 g/mol. The first-order valence-electron chi connectivity index (χ1n) is 11.1. The zero-order chi connectivity index (χ0) is 25.2. The fraction of sp³-hybridized carbons (Fsp3) is 0.500. The van der Waals surface area contributed by atoms with Crippen molar-refractivity contribution < 1.29 is 33.4 Å². The first kappa shape index (κ1) is 25.1. The number of hydrogen-bond donors (Lipinski definition) is 3. The smallest absolute Gasteiger partial charge is 0.336 e. The van der Waals surface area contributed by atoms with Crippen LogP contribution in [0.15, 0.2) is 21.3 Å². The molecule has 2 heterocycles. The van der Waals surface area contributed by atoms with Crippen LogP contribution in [0.4, 0.5) is 0 Å². The number of aliphatic carboxylic acids is 1. The Bertz CT molecular complexity index is 1180. The number of aryl methyl sites for hydroxylation is 2. The monoisotopic (exact) mass is 474 g/mol. The predicted octanol–water partition coefficient (Wildman–Crippen LogP) is 1.93. The van der Waals surface area contributed by atoms with Gasteiger partial charge in [0.15, 0.2) is 6.61 Å². The van der Waals surface area contributed by atoms with Gasteiger partial charge in [0.2, 0.25) is 5.91 Å². The van der Waals surface area contributed by atoms with Crippen LogP contribution >= 0.6 is 0 Å². The standard InChI is InChI=1S/C24H30N2O8/c1-12(2)21(23(30)31)26-17(27)10-25-18(28)11-32-16-9-15-14(6-7-24(4,5)34-15)22-20(16)13(3)8-19(29)33-22/h8-9,12,21H,6-7,10-11H2,1-5H3,(H,25,28)(H,26,27)(H,30,31)/t21-/m1/s1. The van der Waals surface area contributed by atoms with Gasteiger partial charge in [-0.1, -0.05) is 13.8 Å². The minimum atomic E-state index is -1.15. The van der Waals surface area contributed by atoms with Crippen LogP contribution in [0, 0.1) is 12.8 Å². The molecule has 1 aliphatic heterocycles. The zero-order valence-corrected chi connectivity index (χ0v) is 19.9. The van der Waals surface area contributed by atoms with Gasteiger partial charge in [-0.2, -0.15) is 0 Å². The lowest BCUT2D eigenvalue weighted by molar-refractivity contribution is -0.143. The highest BCUT2D eigenvalue weighted by Gasteiger charge is 2.30. The number of carboxylic acid groups (broad SMARTS) is 1. The maximum Gasteiger partial charge on any atom is 0.336 e. The molecule has 0 saturated heterocycles. The van der Waals surface area contributed by atoms with Crippen LogP contribution in [0.5, 0.6) is 11.5 Å². The van der Waals surface area contributed by atoms with E-state index < -0.39 is 48.2 Å². The molecule has 3 N–H and O–H groups in total. The zero-order valence-electron chi connectivity index (χ0n) is 19.9. The van der Waals surface area contributed by atoms with Gasteiger partial charge >= 0.3 is 11.6 Å². The molecule has 0 unspecified atom stereocenters. The van der Waals surface area contributed by atoms with Crippen molar-refractivity contribution in [2.75, 3.05) is 13.2 Å². The van der Waals surface area contributed by atoms with Crippen molar-refractivity contribution in [3.8, 4) is 11.5 Å². The third kappa shape index (κ3) is 5.67. The first-order valence-corrected chi connectivity index (χ1v) is 11.1. The van der Waals surface area contributed by atoms with Crippen molar-refractivity contribution in [2.45, 2.75) is 59.1 Å². The summed E-state index contributed by atoms with van der Waals surface area (Å²) in [5, 5.41) is 14.5. The SMILES string of the molecule is Cc1cc(=O)oc2c3c(cc(OCC(=O)NCC(=O)N[C@@H](C(=O)O)C(C)C)c12)OC(C)(C)CC3. The molecule has 10 heteroatoms. The van der Waals surface area contributed by atoms with E-state index in [1.54, 1.807) is 26.8 Å². The molecule has 0 aliphatic carbocycles. The van der Waals surface area contributed by atoms with E-state index in [-0.39, 0.29) is 5.92 Å². The lowest BCUT2D eigenvalue weighted by Crippen LogP contribution is -2.48. The summed E-state index contributed by atoms with van der Waals surface area (Å²) in [7, 11) is 0. The van der Waals surface area contributed by atoms with Gasteiger partial charge in [-0.15, -0.1) is 0 Å². The van der Waals surface area contributed by atoms with E-state index in [1.165, 1.54) is 6.07 Å². The fourth-order valence-electron chi connectivity index (χ4n) is 3.85. The van der Waals surface area contributed by atoms with Gasteiger partial charge < -0.3 is 29.6 Å². The van der Waals surface area contributed by atoms with Crippen molar-refractivity contribution >= 4 is 28.8 Å². The summed E-state index contributed by atoms with van der Waals surface area (Å²) < 4.78 is 17.3. The minimum absolute atomic E-state index is 0.312. The van der Waals surface area contributed by atoms with Crippen molar-refractivity contribution in [1.29, 1.82) is 0 Å². The van der Waals surface area contributed by atoms with Crippen LogP contribution in [0.25, 0.3) is 11.0 Å². The van der Waals surface area contributed by atoms with Gasteiger partial charge in [-0.3, -0.25) is 9.59 Å². The molecule has 0 fully saturated rings. The van der Waals surface area contributed by atoms with E-state index in [1.807, 2.05) is 13.8 Å². The van der Waals surface area contributed by atoms with Gasteiger partial charge in [-0.25, -0.2) is 9.59 Å². The number of amides is 2. The quantitative estimate of drug-likeness (QED) is 0.492. The number of carbonyl (C=O) groups is 3. The van der Waals surface area contributed by atoms with Crippen LogP contribution in [0.1, 0.15) is 45.2 Å². The van der Waals surface area contributed by atoms with Crippen molar-refractivity contribution in [3.05, 3.63) is 33.7 Å². The van der Waals surface area contributed by atoms with Crippen LogP contribution in [-0.4, -0.2) is 47.7 Å². The third-order valence-electron chi connectivity index (χ3n) is 5.66. The molecule has 1 aliphatic rings. The summed E-state index contributed by atoms with van der Waals surface area (Å²) >= 11 is 0. The first-order chi connectivity index (χ1) is 15.9. The molecule has 0 saturated carbocycles. The van der Waals surface area contributed by atoms with Gasteiger partial charge in [0.05, 0.1) is 11.9 Å². The van der Waals surface area contributed by atoms with Crippen LogP contribution in [0.2, 0.25) is 0 Å². The van der Waals surface area contributed by atoms with Gasteiger partial charge in [0.25, 0.3) is 5.91 Å². The Morgan fingerprint density at radius 2 is 1.91 bits per heavy atom. The van der Waals surface area contributed by atoms with Crippen LogP contribution in [0.3, 0.4) is 0 Å². The normalized spacial score (nSPS) is 15.2. The molecular weight excluding hydrogens is 444 g/mol. The number of ether oxygens (including phenoxy) is 2. The molecule has 1 aromatic carbocycles. The number of carboxylic acids is 1. The molecule has 2 aromatic rings. The fourth-order valence-corrected chi connectivity index (χ4v) is 3.85. The second-order valence-electron chi connectivity index (χ2n) is 9.36. The summed E-state index contributed by atoms with van der Waals surface area (Å²) in [5.41, 5.74) is 0.903. The topological polar surface area (TPSA) is 144 Å². The molecule has 184 valence electrons. The van der Waals surface area contributed by atoms with E-state index >= 15 is 0 Å². The maximum atomic E-state index is 12.3. The highest BCUT2D eigenvalue weighted by atomic mass is 16.5. The highest BCUT2D eigenvalue weighted by molar-refractivity contribution is 5.92. The summed E-state index contributed by atoms with van der Waals surface area (Å²) in [6.45, 7) is 8.21. The Labute approximate surface area is 196 Å².